The molecule has 0 saturated heterocycles. The van der Waals surface area contributed by atoms with Crippen molar-refractivity contribution < 1.29 is 32.2 Å². The zero-order chi connectivity index (χ0) is 20.4. The molecule has 0 aliphatic carbocycles. The van der Waals surface area contributed by atoms with Gasteiger partial charge in [0, 0.05) is 0 Å². The van der Waals surface area contributed by atoms with E-state index in [0.717, 1.165) is 24.3 Å². The third-order valence-corrected chi connectivity index (χ3v) is 4.21. The fourth-order valence-electron chi connectivity index (χ4n) is 2.36. The number of aromatic carboxylic acids is 1. The van der Waals surface area contributed by atoms with E-state index < -0.39 is 33.9 Å². The lowest BCUT2D eigenvalue weighted by atomic mass is 9.96. The highest BCUT2D eigenvalue weighted by Gasteiger charge is 2.39. The molecule has 0 aliphatic heterocycles. The molecule has 2 aromatic carbocycles. The summed E-state index contributed by atoms with van der Waals surface area (Å²) in [4.78, 5) is 11.1. The maximum atomic E-state index is 13.5. The van der Waals surface area contributed by atoms with Gasteiger partial charge in [-0.3, -0.25) is 0 Å². The van der Waals surface area contributed by atoms with Gasteiger partial charge < -0.3 is 9.84 Å². The monoisotopic (exact) mass is 422 g/mol. The van der Waals surface area contributed by atoms with Crippen LogP contribution in [0.15, 0.2) is 36.4 Å². The average Bonchev–Trinajstić information content (AvgIpc) is 2.58. The molecule has 0 bridgehead atoms. The Morgan fingerprint density at radius 3 is 2.26 bits per heavy atom. The molecule has 1 N–H and O–H groups in total. The molecule has 1 atom stereocenters. The molecule has 2 aromatic rings. The van der Waals surface area contributed by atoms with Crippen LogP contribution in [-0.2, 0) is 0 Å². The summed E-state index contributed by atoms with van der Waals surface area (Å²) in [5, 5.41) is 7.99. The molecule has 0 aliphatic rings. The molecule has 0 fully saturated rings. The minimum atomic E-state index is -4.69. The highest BCUT2D eigenvalue weighted by Crippen LogP contribution is 2.39. The van der Waals surface area contributed by atoms with Crippen LogP contribution < -0.4 is 4.74 Å². The SMILES string of the molecule is COc1cc(/C=C/C(c2cc(Cl)c(F)c(Cl)c2)C(F)(F)F)ccc1C(=O)O. The van der Waals surface area contributed by atoms with Crippen molar-refractivity contribution in [1.82, 2.24) is 0 Å². The summed E-state index contributed by atoms with van der Waals surface area (Å²) in [6.45, 7) is 0. The van der Waals surface area contributed by atoms with E-state index in [1.165, 1.54) is 25.3 Å². The standard InChI is InChI=1S/C18H12Cl2F4O3/c1-27-15-6-9(2-4-11(15)17(25)26)3-5-12(18(22,23)24)10-7-13(19)16(21)14(20)8-10/h2-8,12H,1H3,(H,25,26)/b5-3+. The number of hydrogen-bond donors (Lipinski definition) is 1. The Balaban J connectivity index is 2.45. The second kappa shape index (κ2) is 8.19. The summed E-state index contributed by atoms with van der Waals surface area (Å²) in [5.41, 5.74) is -0.172. The Labute approximate surface area is 161 Å². The molecule has 2 rings (SSSR count). The van der Waals surface area contributed by atoms with Gasteiger partial charge in [-0.15, -0.1) is 0 Å². The number of halogens is 6. The third-order valence-electron chi connectivity index (χ3n) is 3.66. The van der Waals surface area contributed by atoms with Crippen LogP contribution in [0.1, 0.15) is 27.4 Å². The van der Waals surface area contributed by atoms with E-state index in [2.05, 4.69) is 0 Å². The van der Waals surface area contributed by atoms with Crippen LogP contribution in [0.4, 0.5) is 17.6 Å². The number of methoxy groups -OCH3 is 1. The molecular weight excluding hydrogens is 411 g/mol. The van der Waals surface area contributed by atoms with Crippen LogP contribution in [0, 0.1) is 5.82 Å². The van der Waals surface area contributed by atoms with Gasteiger partial charge in [0.1, 0.15) is 11.3 Å². The van der Waals surface area contributed by atoms with Crippen LogP contribution in [0.3, 0.4) is 0 Å². The third kappa shape index (κ3) is 4.93. The average molecular weight is 423 g/mol. The van der Waals surface area contributed by atoms with E-state index in [4.69, 9.17) is 33.0 Å². The van der Waals surface area contributed by atoms with E-state index in [0.29, 0.717) is 0 Å². The van der Waals surface area contributed by atoms with E-state index in [-0.39, 0.29) is 22.4 Å². The van der Waals surface area contributed by atoms with Gasteiger partial charge in [0.25, 0.3) is 0 Å². The molecule has 1 unspecified atom stereocenters. The zero-order valence-electron chi connectivity index (χ0n) is 13.7. The number of carbonyl (C=O) groups is 1. The van der Waals surface area contributed by atoms with Crippen LogP contribution in [0.25, 0.3) is 6.08 Å². The van der Waals surface area contributed by atoms with Crippen molar-refractivity contribution in [3.63, 3.8) is 0 Å². The topological polar surface area (TPSA) is 46.5 Å². The molecule has 0 spiro atoms. The first-order chi connectivity index (χ1) is 12.5. The quantitative estimate of drug-likeness (QED) is 0.460. The second-order valence-electron chi connectivity index (χ2n) is 5.44. The molecule has 0 aromatic heterocycles. The number of rotatable bonds is 5. The minimum Gasteiger partial charge on any atom is -0.496 e. The maximum Gasteiger partial charge on any atom is 0.399 e. The van der Waals surface area contributed by atoms with Gasteiger partial charge in [-0.25, -0.2) is 9.18 Å². The number of alkyl halides is 3. The van der Waals surface area contributed by atoms with Crippen molar-refractivity contribution in [3.05, 3.63) is 69.0 Å². The van der Waals surface area contributed by atoms with Gasteiger partial charge in [0.05, 0.1) is 23.1 Å². The Morgan fingerprint density at radius 1 is 1.19 bits per heavy atom. The summed E-state index contributed by atoms with van der Waals surface area (Å²) in [6, 6.07) is 5.56. The van der Waals surface area contributed by atoms with Crippen molar-refractivity contribution in [2.75, 3.05) is 7.11 Å². The number of ether oxygens (including phenoxy) is 1. The Bertz CT molecular complexity index is 872. The first-order valence-corrected chi connectivity index (χ1v) is 8.11. The molecular formula is C18H12Cl2F4O3. The lowest BCUT2D eigenvalue weighted by molar-refractivity contribution is -0.139. The molecule has 0 amide bonds. The molecule has 9 heteroatoms. The number of hydrogen-bond acceptors (Lipinski definition) is 2. The number of carboxylic acid groups (broad SMARTS) is 1. The zero-order valence-corrected chi connectivity index (χ0v) is 15.2. The van der Waals surface area contributed by atoms with Crippen molar-refractivity contribution in [3.8, 4) is 5.75 Å². The van der Waals surface area contributed by atoms with Gasteiger partial charge in [-0.05, 0) is 35.4 Å². The normalized spacial score (nSPS) is 13.0. The van der Waals surface area contributed by atoms with Gasteiger partial charge in [-0.1, -0.05) is 41.4 Å². The first kappa shape index (κ1) is 21.1. The Hall–Kier alpha value is -2.25. The summed E-state index contributed by atoms with van der Waals surface area (Å²) >= 11 is 11.2. The molecule has 0 radical (unpaired) electrons. The van der Waals surface area contributed by atoms with Crippen LogP contribution >= 0.6 is 23.2 Å². The van der Waals surface area contributed by atoms with Gasteiger partial charge >= 0.3 is 12.1 Å². The van der Waals surface area contributed by atoms with Gasteiger partial charge in [0.15, 0.2) is 5.82 Å². The summed E-state index contributed by atoms with van der Waals surface area (Å²) < 4.78 is 58.8. The first-order valence-electron chi connectivity index (χ1n) is 7.35. The fourth-order valence-corrected chi connectivity index (χ4v) is 2.86. The van der Waals surface area contributed by atoms with Crippen molar-refractivity contribution in [2.45, 2.75) is 12.1 Å². The van der Waals surface area contributed by atoms with E-state index >= 15 is 0 Å². The lowest BCUT2D eigenvalue weighted by Gasteiger charge is -2.18. The lowest BCUT2D eigenvalue weighted by Crippen LogP contribution is -2.19. The van der Waals surface area contributed by atoms with Gasteiger partial charge in [0.2, 0.25) is 0 Å². The van der Waals surface area contributed by atoms with E-state index in [1.54, 1.807) is 0 Å². The fraction of sp³-hybridized carbons (Fsp3) is 0.167. The van der Waals surface area contributed by atoms with Crippen molar-refractivity contribution in [2.24, 2.45) is 0 Å². The second-order valence-corrected chi connectivity index (χ2v) is 6.26. The molecule has 0 saturated carbocycles. The predicted octanol–water partition coefficient (Wildman–Crippen LogP) is 6.20. The summed E-state index contributed by atoms with van der Waals surface area (Å²) in [7, 11) is 1.25. The summed E-state index contributed by atoms with van der Waals surface area (Å²) in [6.07, 6.45) is -2.70. The van der Waals surface area contributed by atoms with Gasteiger partial charge in [-0.2, -0.15) is 13.2 Å². The van der Waals surface area contributed by atoms with E-state index in [1.807, 2.05) is 0 Å². The van der Waals surface area contributed by atoms with Crippen LogP contribution in [0.2, 0.25) is 10.0 Å². The highest BCUT2D eigenvalue weighted by atomic mass is 35.5. The largest absolute Gasteiger partial charge is 0.496 e. The summed E-state index contributed by atoms with van der Waals surface area (Å²) in [5.74, 6) is -4.33. The molecule has 144 valence electrons. The minimum absolute atomic E-state index is 0.001000. The van der Waals surface area contributed by atoms with Crippen LogP contribution in [0.5, 0.6) is 5.75 Å². The van der Waals surface area contributed by atoms with E-state index in [9.17, 15) is 22.4 Å². The maximum absolute atomic E-state index is 13.5. The smallest absolute Gasteiger partial charge is 0.399 e. The highest BCUT2D eigenvalue weighted by molar-refractivity contribution is 6.35. The molecule has 3 nitrogen and oxygen atoms in total. The Morgan fingerprint density at radius 2 is 1.78 bits per heavy atom. The molecule has 27 heavy (non-hydrogen) atoms. The Kier molecular flexibility index (Phi) is 6.38. The number of carboxylic acids is 1. The number of benzene rings is 2. The molecule has 0 heterocycles. The van der Waals surface area contributed by atoms with Crippen molar-refractivity contribution >= 4 is 35.2 Å². The predicted molar refractivity (Wildman–Crippen MR) is 94.2 cm³/mol. The van der Waals surface area contributed by atoms with Crippen molar-refractivity contribution in [1.29, 1.82) is 0 Å². The number of allylic oxidation sites excluding steroid dienone is 1. The van der Waals surface area contributed by atoms with Crippen LogP contribution in [-0.4, -0.2) is 24.4 Å².